The zero-order valence-corrected chi connectivity index (χ0v) is 38.0. The molecule has 0 bridgehead atoms. The molecule has 56 heavy (non-hydrogen) atoms. The van der Waals surface area contributed by atoms with E-state index in [1.807, 2.05) is 19.9 Å². The molecule has 1 aromatic heterocycles. The number of halogens is 2. The number of hydrogen-bond acceptors (Lipinski definition) is 1. The fourth-order valence-electron chi connectivity index (χ4n) is 6.43. The van der Waals surface area contributed by atoms with E-state index in [1.54, 1.807) is 0 Å². The molecule has 0 fully saturated rings. The van der Waals surface area contributed by atoms with Gasteiger partial charge in [-0.2, -0.15) is 0 Å². The maximum Gasteiger partial charge on any atom is 1.00 e. The Morgan fingerprint density at radius 2 is 0.750 bits per heavy atom. The van der Waals surface area contributed by atoms with Crippen LogP contribution in [0, 0.1) is 13.8 Å². The van der Waals surface area contributed by atoms with E-state index in [-0.39, 0.29) is 17.1 Å². The quantitative estimate of drug-likeness (QED) is 0.116. The molecule has 2 heterocycles. The Morgan fingerprint density at radius 1 is 0.464 bits per heavy atom. The molecule has 0 saturated carbocycles. The van der Waals surface area contributed by atoms with Crippen LogP contribution < -0.4 is 36.8 Å². The van der Waals surface area contributed by atoms with Crippen molar-refractivity contribution in [3.63, 3.8) is 0 Å². The van der Waals surface area contributed by atoms with Gasteiger partial charge in [0.1, 0.15) is 31.8 Å². The summed E-state index contributed by atoms with van der Waals surface area (Å²) in [6.45, 7) is 8.13. The molecule has 0 spiro atoms. The molecule has 0 N–H and O–H groups in total. The molecular formula is C49H45Br2CuN2P2+2. The molecule has 284 valence electrons. The number of allylic oxidation sites excluding steroid dienone is 2. The molecule has 0 atom stereocenters. The van der Waals surface area contributed by atoms with Crippen LogP contribution in [0.15, 0.2) is 207 Å². The minimum atomic E-state index is -0.877. The van der Waals surface area contributed by atoms with E-state index >= 15 is 0 Å². The third-order valence-electron chi connectivity index (χ3n) is 9.29. The Bertz CT molecular complexity index is 2060. The van der Waals surface area contributed by atoms with Gasteiger partial charge >= 0.3 is 17.1 Å². The molecule has 1 aliphatic heterocycles. The van der Waals surface area contributed by atoms with Crippen LogP contribution in [0.4, 0.5) is 0 Å². The van der Waals surface area contributed by atoms with Crippen molar-refractivity contribution in [2.75, 3.05) is 0 Å². The van der Waals surface area contributed by atoms with Crippen LogP contribution in [0.2, 0.25) is 0 Å². The molecule has 0 unspecified atom stereocenters. The molecule has 8 rings (SSSR count). The summed E-state index contributed by atoms with van der Waals surface area (Å²) in [5, 5.41) is 8.61. The maximum atomic E-state index is 4.53. The van der Waals surface area contributed by atoms with E-state index < -0.39 is 15.8 Å². The average Bonchev–Trinajstić information content (AvgIpc) is 3.63. The van der Waals surface area contributed by atoms with Gasteiger partial charge in [0.25, 0.3) is 0 Å². The zero-order chi connectivity index (χ0) is 38.6. The summed E-state index contributed by atoms with van der Waals surface area (Å²) in [5.41, 5.74) is 6.35. The Morgan fingerprint density at radius 3 is 0.964 bits per heavy atom. The van der Waals surface area contributed by atoms with Gasteiger partial charge in [-0.1, -0.05) is 144 Å². The summed E-state index contributed by atoms with van der Waals surface area (Å²) in [6.07, 6.45) is 2.04. The average molecular weight is 947 g/mol. The molecule has 0 saturated heterocycles. The number of hydrogen-bond donors (Lipinski definition) is 0. The monoisotopic (exact) mass is 944 g/mol. The first-order chi connectivity index (χ1) is 26.8. The van der Waals surface area contributed by atoms with Gasteiger partial charge in [0.05, 0.1) is 27.3 Å². The van der Waals surface area contributed by atoms with Gasteiger partial charge in [-0.25, -0.2) is 0 Å². The molecule has 1 aliphatic rings. The topological polar surface area (TPSA) is 26.5 Å². The Labute approximate surface area is 362 Å². The van der Waals surface area contributed by atoms with Crippen LogP contribution in [0.25, 0.3) is 6.08 Å². The standard InChI is InChI=1S/2C18H15P.C13H13Br2N2.Cu/c2*1-4-10-16(11-5-1)19(17-12-6-2-7-13-17)18-14-8-3-9-15-18;1-6-10(16-8(3)12(6)14)5-11-7(2)13(15)9(4)17-11;/h2*1-15H;5H,1-4H3;/q;;-1;+1/p+2/b;;10-5-;. The second-order valence-corrected chi connectivity index (χ2v) is 19.7. The van der Waals surface area contributed by atoms with Crippen molar-refractivity contribution in [3.8, 4) is 0 Å². The molecule has 7 aromatic rings. The van der Waals surface area contributed by atoms with E-state index in [2.05, 4.69) is 238 Å². The predicted octanol–water partition coefficient (Wildman–Crippen LogP) is 10.9. The molecule has 0 amide bonds. The molecule has 0 radical (unpaired) electrons. The SMILES string of the molecule is CC1=N/C(=C\c2[n-]c(C)c(Br)c2C)C(C)=C1Br.[Cu+].c1ccc([PH+](c2ccccc2)c2ccccc2)cc1.c1ccc([PH+](c2ccccc2)c2ccccc2)cc1. The minimum absolute atomic E-state index is 0. The first-order valence-electron chi connectivity index (χ1n) is 18.3. The Hall–Kier alpha value is -3.91. The van der Waals surface area contributed by atoms with Gasteiger partial charge in [0.15, 0.2) is 0 Å². The van der Waals surface area contributed by atoms with Gasteiger partial charge in [0, 0.05) is 8.96 Å². The molecule has 7 heteroatoms. The minimum Gasteiger partial charge on any atom is -0.660 e. The smallest absolute Gasteiger partial charge is 0.660 e. The van der Waals surface area contributed by atoms with E-state index in [0.29, 0.717) is 0 Å². The van der Waals surface area contributed by atoms with Crippen LogP contribution in [-0.2, 0) is 17.1 Å². The first-order valence-corrected chi connectivity index (χ1v) is 22.9. The van der Waals surface area contributed by atoms with E-state index in [9.17, 15) is 0 Å². The second-order valence-electron chi connectivity index (χ2n) is 13.1. The van der Waals surface area contributed by atoms with Crippen molar-refractivity contribution >= 4 is 91.3 Å². The van der Waals surface area contributed by atoms with Crippen LogP contribution in [0.5, 0.6) is 0 Å². The Kier molecular flexibility index (Phi) is 16.6. The van der Waals surface area contributed by atoms with Crippen LogP contribution >= 0.6 is 47.7 Å². The van der Waals surface area contributed by atoms with E-state index in [0.717, 1.165) is 31.8 Å². The summed E-state index contributed by atoms with van der Waals surface area (Å²) >= 11 is 7.08. The second kappa shape index (κ2) is 21.6. The van der Waals surface area contributed by atoms with Crippen molar-refractivity contribution < 1.29 is 17.1 Å². The van der Waals surface area contributed by atoms with E-state index in [4.69, 9.17) is 0 Å². The number of aliphatic imine (C=N–C) groups is 1. The predicted molar refractivity (Wildman–Crippen MR) is 253 cm³/mol. The molecule has 0 aliphatic carbocycles. The molecular weight excluding hydrogens is 902 g/mol. The first kappa shape index (κ1) is 43.2. The molecule has 6 aromatic carbocycles. The van der Waals surface area contributed by atoms with Gasteiger partial charge in [-0.3, -0.25) is 4.99 Å². The fourth-order valence-corrected chi connectivity index (χ4v) is 12.2. The van der Waals surface area contributed by atoms with Crippen molar-refractivity contribution in [2.24, 2.45) is 4.99 Å². The zero-order valence-electron chi connectivity index (χ0n) is 31.8. The van der Waals surface area contributed by atoms with Gasteiger partial charge in [-0.15, -0.1) is 11.4 Å². The third-order valence-corrected chi connectivity index (χ3v) is 17.1. The normalized spacial score (nSPS) is 12.7. The summed E-state index contributed by atoms with van der Waals surface area (Å²) < 4.78 is 2.17. The van der Waals surface area contributed by atoms with Crippen LogP contribution in [0.3, 0.4) is 0 Å². The number of benzene rings is 6. The maximum absolute atomic E-state index is 4.53. The van der Waals surface area contributed by atoms with Crippen LogP contribution in [-0.4, -0.2) is 5.71 Å². The Balaban J connectivity index is 0.000000160. The van der Waals surface area contributed by atoms with E-state index in [1.165, 1.54) is 43.0 Å². The fraction of sp³-hybridized carbons (Fsp3) is 0.0816. The largest absolute Gasteiger partial charge is 1.00 e. The van der Waals surface area contributed by atoms with Crippen molar-refractivity contribution in [1.29, 1.82) is 0 Å². The van der Waals surface area contributed by atoms with Crippen molar-refractivity contribution in [3.05, 3.63) is 219 Å². The van der Waals surface area contributed by atoms with Gasteiger partial charge in [-0.05, 0) is 115 Å². The number of aryl methyl sites for hydroxylation is 1. The van der Waals surface area contributed by atoms with Crippen molar-refractivity contribution in [2.45, 2.75) is 27.7 Å². The number of nitrogens with zero attached hydrogens (tertiary/aromatic N) is 2. The van der Waals surface area contributed by atoms with Gasteiger partial charge < -0.3 is 4.98 Å². The summed E-state index contributed by atoms with van der Waals surface area (Å²) in [7, 11) is -1.75. The molecule has 2 nitrogen and oxygen atoms in total. The number of aromatic nitrogens is 1. The summed E-state index contributed by atoms with van der Waals surface area (Å²) in [4.78, 5) is 9.05. The third kappa shape index (κ3) is 11.1. The number of rotatable bonds is 7. The summed E-state index contributed by atoms with van der Waals surface area (Å²) in [5.74, 6) is 0. The van der Waals surface area contributed by atoms with Crippen LogP contribution in [0.1, 0.15) is 30.8 Å². The van der Waals surface area contributed by atoms with Gasteiger partial charge in [0.2, 0.25) is 0 Å². The van der Waals surface area contributed by atoms with Crippen molar-refractivity contribution in [1.82, 2.24) is 4.98 Å². The summed E-state index contributed by atoms with van der Waals surface area (Å²) in [6, 6.07) is 65.0.